The summed E-state index contributed by atoms with van der Waals surface area (Å²) in [5.41, 5.74) is 8.34. The molecule has 0 bridgehead atoms. The van der Waals surface area contributed by atoms with Gasteiger partial charge in [0.25, 0.3) is 5.97 Å². The number of nitrogens with two attached hydrogens (primary N) is 1. The highest BCUT2D eigenvalue weighted by molar-refractivity contribution is 6.15. The highest BCUT2D eigenvalue weighted by Gasteiger charge is 2.31. The molecule has 0 atom stereocenters. The first-order valence-corrected chi connectivity index (χ1v) is 9.04. The van der Waals surface area contributed by atoms with Crippen LogP contribution >= 0.6 is 0 Å². The molecule has 0 amide bonds. The Labute approximate surface area is 175 Å². The first-order valence-electron chi connectivity index (χ1n) is 9.04. The van der Waals surface area contributed by atoms with E-state index in [1.54, 1.807) is 12.1 Å². The first kappa shape index (κ1) is 21.8. The van der Waals surface area contributed by atoms with Crippen LogP contribution in [0.3, 0.4) is 0 Å². The average Bonchev–Trinajstić information content (AvgIpc) is 3.10. The molecule has 0 spiro atoms. The number of aromatic nitrogens is 2. The number of nitrogens with one attached hydrogen (secondary N) is 1. The fourth-order valence-corrected chi connectivity index (χ4v) is 2.94. The van der Waals surface area contributed by atoms with Gasteiger partial charge in [0.05, 0.1) is 17.8 Å². The molecule has 2 heterocycles. The molecule has 160 valence electrons. The summed E-state index contributed by atoms with van der Waals surface area (Å²) in [7, 11) is 0. The van der Waals surface area contributed by atoms with Crippen LogP contribution in [0.2, 0.25) is 0 Å². The number of anilines is 3. The third kappa shape index (κ3) is 5.56. The number of carbonyl (C=O) groups is 1. The molecule has 31 heavy (non-hydrogen) atoms. The number of halogens is 3. The maximum atomic E-state index is 13.0. The van der Waals surface area contributed by atoms with Gasteiger partial charge in [-0.05, 0) is 35.9 Å². The second-order valence-corrected chi connectivity index (χ2v) is 6.56. The van der Waals surface area contributed by atoms with Crippen LogP contribution in [0.5, 0.6) is 0 Å². The highest BCUT2D eigenvalue weighted by Crippen LogP contribution is 2.32. The summed E-state index contributed by atoms with van der Waals surface area (Å²) in [6.07, 6.45) is -2.86. The van der Waals surface area contributed by atoms with E-state index in [1.807, 2.05) is 18.2 Å². The molecule has 0 radical (unpaired) electrons. The molecule has 4 rings (SSSR count). The molecule has 0 fully saturated rings. The fraction of sp³-hybridized carbons (Fsp3) is 0.143. The Kier molecular flexibility index (Phi) is 6.19. The van der Waals surface area contributed by atoms with E-state index in [2.05, 4.69) is 20.3 Å². The lowest BCUT2D eigenvalue weighted by Crippen LogP contribution is -2.08. The number of carboxylic acid groups (broad SMARTS) is 1. The Morgan fingerprint density at radius 2 is 1.90 bits per heavy atom. The van der Waals surface area contributed by atoms with Gasteiger partial charge in [0, 0.05) is 29.9 Å². The second kappa shape index (κ2) is 8.82. The minimum atomic E-state index is -4.39. The van der Waals surface area contributed by atoms with Crippen molar-refractivity contribution in [3.8, 4) is 0 Å². The summed E-state index contributed by atoms with van der Waals surface area (Å²) in [6.45, 7) is 1.52. The number of rotatable bonds is 3. The zero-order valence-electron chi connectivity index (χ0n) is 16.3. The maximum absolute atomic E-state index is 13.0. The smallest absolute Gasteiger partial charge is 0.416 e. The van der Waals surface area contributed by atoms with Crippen LogP contribution < -0.4 is 11.1 Å². The topological polar surface area (TPSA) is 113 Å². The summed E-state index contributed by atoms with van der Waals surface area (Å²) in [4.78, 5) is 21.3. The monoisotopic (exact) mass is 429 g/mol. The van der Waals surface area contributed by atoms with E-state index >= 15 is 0 Å². The third-order valence-corrected chi connectivity index (χ3v) is 4.18. The summed E-state index contributed by atoms with van der Waals surface area (Å²) < 4.78 is 39.1. The Bertz CT molecular complexity index is 1140. The molecule has 0 unspecified atom stereocenters. The first-order chi connectivity index (χ1) is 14.6. The molecule has 4 N–H and O–H groups in total. The van der Waals surface area contributed by atoms with E-state index < -0.39 is 17.7 Å². The largest absolute Gasteiger partial charge is 0.481 e. The maximum Gasteiger partial charge on any atom is 0.416 e. The Balaban J connectivity index is 0.000000628. The minimum Gasteiger partial charge on any atom is -0.481 e. The molecule has 0 saturated carbocycles. The molecular weight excluding hydrogens is 411 g/mol. The molecule has 2 aromatic carbocycles. The number of aliphatic imine (C=N–C) groups is 1. The number of aliphatic carboxylic acids is 1. The molecule has 7 nitrogen and oxygen atoms in total. The molecular formula is C21H18F3N5O2. The van der Waals surface area contributed by atoms with Crippen LogP contribution in [0.1, 0.15) is 29.2 Å². The number of benzene rings is 2. The average molecular weight is 429 g/mol. The molecule has 1 aromatic heterocycles. The van der Waals surface area contributed by atoms with Crippen LogP contribution in [0.25, 0.3) is 0 Å². The van der Waals surface area contributed by atoms with Gasteiger partial charge < -0.3 is 16.2 Å². The summed E-state index contributed by atoms with van der Waals surface area (Å²) in [5.74, 6) is -0.162. The Morgan fingerprint density at radius 3 is 2.58 bits per heavy atom. The van der Waals surface area contributed by atoms with Gasteiger partial charge >= 0.3 is 6.18 Å². The van der Waals surface area contributed by atoms with Gasteiger partial charge in [-0.15, -0.1) is 0 Å². The zero-order valence-corrected chi connectivity index (χ0v) is 16.3. The number of nitrogen functional groups attached to an aromatic ring is 1. The van der Waals surface area contributed by atoms with Gasteiger partial charge in [-0.3, -0.25) is 9.79 Å². The molecule has 1 aliphatic rings. The van der Waals surface area contributed by atoms with Crippen molar-refractivity contribution in [3.63, 3.8) is 0 Å². The van der Waals surface area contributed by atoms with Gasteiger partial charge in [0.2, 0.25) is 5.95 Å². The number of fused-ring (bicyclic) bond motifs is 1. The lowest BCUT2D eigenvalue weighted by molar-refractivity contribution is -0.137. The minimum absolute atomic E-state index is 0.146. The number of hydrogen-bond donors (Lipinski definition) is 3. The van der Waals surface area contributed by atoms with Crippen molar-refractivity contribution in [1.29, 1.82) is 0 Å². The van der Waals surface area contributed by atoms with Crippen molar-refractivity contribution < 1.29 is 23.1 Å². The van der Waals surface area contributed by atoms with Crippen molar-refractivity contribution in [3.05, 3.63) is 77.0 Å². The zero-order chi connectivity index (χ0) is 22.6. The number of carboxylic acids is 1. The van der Waals surface area contributed by atoms with Gasteiger partial charge in [-0.2, -0.15) is 18.2 Å². The van der Waals surface area contributed by atoms with Gasteiger partial charge in [0.1, 0.15) is 5.82 Å². The molecule has 3 aromatic rings. The van der Waals surface area contributed by atoms with E-state index in [1.165, 1.54) is 12.3 Å². The predicted molar refractivity (Wildman–Crippen MR) is 110 cm³/mol. The van der Waals surface area contributed by atoms with Gasteiger partial charge in [0.15, 0.2) is 0 Å². The normalized spacial score (nSPS) is 12.3. The number of alkyl halides is 3. The van der Waals surface area contributed by atoms with Crippen molar-refractivity contribution in [2.75, 3.05) is 11.1 Å². The highest BCUT2D eigenvalue weighted by atomic mass is 19.4. The molecule has 0 saturated heterocycles. The SMILES string of the molecule is CC(=O)O.Nc1nccc(Nc2ccc3c(c2)C(c2cccc(C(F)(F)F)c2)=NC3)n1. The fourth-order valence-electron chi connectivity index (χ4n) is 2.94. The number of hydrogen-bond acceptors (Lipinski definition) is 6. The predicted octanol–water partition coefficient (Wildman–Crippen LogP) is 4.26. The Morgan fingerprint density at radius 1 is 1.16 bits per heavy atom. The van der Waals surface area contributed by atoms with E-state index in [-0.39, 0.29) is 5.95 Å². The molecule has 10 heteroatoms. The Hall–Kier alpha value is -3.95. The summed E-state index contributed by atoms with van der Waals surface area (Å²) in [6, 6.07) is 12.5. The van der Waals surface area contributed by atoms with Crippen LogP contribution in [0.4, 0.5) is 30.6 Å². The van der Waals surface area contributed by atoms with Crippen molar-refractivity contribution in [2.45, 2.75) is 19.6 Å². The summed E-state index contributed by atoms with van der Waals surface area (Å²) >= 11 is 0. The second-order valence-electron chi connectivity index (χ2n) is 6.56. The van der Waals surface area contributed by atoms with Crippen LogP contribution in [0, 0.1) is 0 Å². The quantitative estimate of drug-likeness (QED) is 0.573. The standard InChI is InChI=1S/C19H14F3N5.C2H4O2/c20-19(21,22)13-3-1-2-11(8-13)17-15-9-14(5-4-12(15)10-25-17)26-16-6-7-24-18(23)27-16;1-2(3)4/h1-9H,10H2,(H3,23,24,26,27);1H3,(H,3,4). The summed E-state index contributed by atoms with van der Waals surface area (Å²) in [5, 5.41) is 10.5. The van der Waals surface area contributed by atoms with E-state index in [4.69, 9.17) is 15.6 Å². The van der Waals surface area contributed by atoms with Crippen molar-refractivity contribution in [1.82, 2.24) is 9.97 Å². The molecule has 1 aliphatic heterocycles. The van der Waals surface area contributed by atoms with Crippen LogP contribution in [-0.2, 0) is 17.5 Å². The van der Waals surface area contributed by atoms with Crippen LogP contribution in [0.15, 0.2) is 59.7 Å². The third-order valence-electron chi connectivity index (χ3n) is 4.18. The molecule has 0 aliphatic carbocycles. The van der Waals surface area contributed by atoms with Crippen molar-refractivity contribution >= 4 is 29.1 Å². The van der Waals surface area contributed by atoms with Crippen molar-refractivity contribution in [2.24, 2.45) is 4.99 Å². The van der Waals surface area contributed by atoms with Crippen LogP contribution in [-0.4, -0.2) is 26.8 Å². The van der Waals surface area contributed by atoms with E-state index in [9.17, 15) is 13.2 Å². The van der Waals surface area contributed by atoms with E-state index in [0.29, 0.717) is 23.6 Å². The van der Waals surface area contributed by atoms with Gasteiger partial charge in [-0.25, -0.2) is 4.98 Å². The van der Waals surface area contributed by atoms with E-state index in [0.717, 1.165) is 35.9 Å². The number of nitrogens with zero attached hydrogens (tertiary/aromatic N) is 3. The van der Waals surface area contributed by atoms with Gasteiger partial charge in [-0.1, -0.05) is 18.2 Å². The lowest BCUT2D eigenvalue weighted by Gasteiger charge is -2.11. The lowest BCUT2D eigenvalue weighted by atomic mass is 9.98.